The van der Waals surface area contributed by atoms with Crippen LogP contribution in [0.15, 0.2) is 42.5 Å². The molecule has 0 spiro atoms. The first-order valence-electron chi connectivity index (χ1n) is 10.6. The van der Waals surface area contributed by atoms with Crippen molar-refractivity contribution in [3.05, 3.63) is 48.0 Å². The summed E-state index contributed by atoms with van der Waals surface area (Å²) in [5.74, 6) is -1.36. The molecule has 1 atom stereocenters. The SMILES string of the molecule is CCC(CC)NC(=O)COC(=O)[C@@H](NC(=O)Cc1cccc2ccccc12)C(C)C. The van der Waals surface area contributed by atoms with Crippen LogP contribution in [-0.4, -0.2) is 36.5 Å². The molecular weight excluding hydrogens is 380 g/mol. The van der Waals surface area contributed by atoms with E-state index in [9.17, 15) is 14.4 Å². The first-order chi connectivity index (χ1) is 14.3. The normalized spacial score (nSPS) is 12.1. The molecule has 6 nitrogen and oxygen atoms in total. The van der Waals surface area contributed by atoms with Crippen LogP contribution in [0.2, 0.25) is 0 Å². The highest BCUT2D eigenvalue weighted by molar-refractivity contribution is 5.92. The van der Waals surface area contributed by atoms with Gasteiger partial charge in [0.1, 0.15) is 6.04 Å². The largest absolute Gasteiger partial charge is 0.454 e. The fraction of sp³-hybridized carbons (Fsp3) is 0.458. The molecule has 0 fully saturated rings. The molecule has 2 amide bonds. The van der Waals surface area contributed by atoms with Gasteiger partial charge in [-0.2, -0.15) is 0 Å². The molecule has 0 saturated heterocycles. The topological polar surface area (TPSA) is 84.5 Å². The highest BCUT2D eigenvalue weighted by Gasteiger charge is 2.26. The van der Waals surface area contributed by atoms with Crippen molar-refractivity contribution in [1.29, 1.82) is 0 Å². The first kappa shape index (κ1) is 23.4. The van der Waals surface area contributed by atoms with Gasteiger partial charge in [0.25, 0.3) is 5.91 Å². The van der Waals surface area contributed by atoms with Crippen LogP contribution in [0.1, 0.15) is 46.1 Å². The summed E-state index contributed by atoms with van der Waals surface area (Å²) < 4.78 is 5.17. The van der Waals surface area contributed by atoms with E-state index in [1.807, 2.05) is 70.2 Å². The molecule has 0 aliphatic heterocycles. The number of amides is 2. The predicted molar refractivity (Wildman–Crippen MR) is 118 cm³/mol. The number of hydrogen-bond donors (Lipinski definition) is 2. The van der Waals surface area contributed by atoms with E-state index in [1.165, 1.54) is 0 Å². The average Bonchev–Trinajstić information content (AvgIpc) is 2.74. The molecule has 0 bridgehead atoms. The number of carbonyl (C=O) groups is 3. The molecule has 0 heterocycles. The fourth-order valence-electron chi connectivity index (χ4n) is 3.33. The minimum atomic E-state index is -0.812. The smallest absolute Gasteiger partial charge is 0.329 e. The van der Waals surface area contributed by atoms with Crippen LogP contribution >= 0.6 is 0 Å². The number of rotatable bonds is 10. The monoisotopic (exact) mass is 412 g/mol. The number of benzene rings is 2. The van der Waals surface area contributed by atoms with Crippen molar-refractivity contribution in [2.75, 3.05) is 6.61 Å². The summed E-state index contributed by atoms with van der Waals surface area (Å²) in [6, 6.07) is 12.9. The molecule has 0 aliphatic rings. The van der Waals surface area contributed by atoms with E-state index in [4.69, 9.17) is 4.74 Å². The lowest BCUT2D eigenvalue weighted by Crippen LogP contribution is -2.47. The van der Waals surface area contributed by atoms with Crippen molar-refractivity contribution in [1.82, 2.24) is 10.6 Å². The third kappa shape index (κ3) is 6.58. The Morgan fingerprint density at radius 2 is 1.57 bits per heavy atom. The Morgan fingerprint density at radius 1 is 0.900 bits per heavy atom. The fourth-order valence-corrected chi connectivity index (χ4v) is 3.33. The van der Waals surface area contributed by atoms with E-state index >= 15 is 0 Å². The maximum Gasteiger partial charge on any atom is 0.329 e. The zero-order valence-corrected chi connectivity index (χ0v) is 18.2. The van der Waals surface area contributed by atoms with Crippen LogP contribution in [0.4, 0.5) is 0 Å². The highest BCUT2D eigenvalue weighted by atomic mass is 16.5. The molecule has 2 aromatic carbocycles. The molecule has 0 saturated carbocycles. The highest BCUT2D eigenvalue weighted by Crippen LogP contribution is 2.19. The van der Waals surface area contributed by atoms with E-state index in [2.05, 4.69) is 10.6 Å². The average molecular weight is 413 g/mol. The summed E-state index contributed by atoms with van der Waals surface area (Å²) in [5.41, 5.74) is 0.894. The van der Waals surface area contributed by atoms with Gasteiger partial charge in [-0.1, -0.05) is 70.2 Å². The Balaban J connectivity index is 1.96. The first-order valence-corrected chi connectivity index (χ1v) is 10.6. The van der Waals surface area contributed by atoms with Gasteiger partial charge in [-0.25, -0.2) is 4.79 Å². The van der Waals surface area contributed by atoms with Crippen LogP contribution in [0.25, 0.3) is 10.8 Å². The van der Waals surface area contributed by atoms with Crippen LogP contribution in [-0.2, 0) is 25.5 Å². The minimum Gasteiger partial charge on any atom is -0.454 e. The molecule has 2 aromatic rings. The minimum absolute atomic E-state index is 0.0671. The molecular formula is C24H32N2O4. The summed E-state index contributed by atoms with van der Waals surface area (Å²) in [5, 5.41) is 7.67. The number of fused-ring (bicyclic) bond motifs is 1. The Labute approximate surface area is 178 Å². The lowest BCUT2D eigenvalue weighted by Gasteiger charge is -2.21. The van der Waals surface area contributed by atoms with E-state index in [1.54, 1.807) is 0 Å². The summed E-state index contributed by atoms with van der Waals surface area (Å²) >= 11 is 0. The summed E-state index contributed by atoms with van der Waals surface area (Å²) in [6.07, 6.45) is 1.79. The van der Waals surface area contributed by atoms with E-state index in [0.717, 1.165) is 29.2 Å². The summed E-state index contributed by atoms with van der Waals surface area (Å²) in [4.78, 5) is 37.1. The van der Waals surface area contributed by atoms with Crippen LogP contribution < -0.4 is 10.6 Å². The quantitative estimate of drug-likeness (QED) is 0.586. The van der Waals surface area contributed by atoms with Crippen molar-refractivity contribution in [3.63, 3.8) is 0 Å². The molecule has 30 heavy (non-hydrogen) atoms. The molecule has 0 radical (unpaired) electrons. The van der Waals surface area contributed by atoms with Gasteiger partial charge in [0.05, 0.1) is 6.42 Å². The number of ether oxygens (including phenoxy) is 1. The number of nitrogens with one attached hydrogen (secondary N) is 2. The Bertz CT molecular complexity index is 869. The number of carbonyl (C=O) groups excluding carboxylic acids is 3. The van der Waals surface area contributed by atoms with E-state index in [0.29, 0.717) is 0 Å². The number of hydrogen-bond acceptors (Lipinski definition) is 4. The van der Waals surface area contributed by atoms with Crippen molar-refractivity contribution >= 4 is 28.6 Å². The second-order valence-corrected chi connectivity index (χ2v) is 7.79. The van der Waals surface area contributed by atoms with Gasteiger partial charge in [-0.3, -0.25) is 9.59 Å². The Hall–Kier alpha value is -2.89. The molecule has 0 aromatic heterocycles. The van der Waals surface area contributed by atoms with Gasteiger partial charge in [0.15, 0.2) is 6.61 Å². The van der Waals surface area contributed by atoms with Gasteiger partial charge in [-0.05, 0) is 35.1 Å². The lowest BCUT2D eigenvalue weighted by molar-refractivity contribution is -0.153. The zero-order chi connectivity index (χ0) is 22.1. The molecule has 6 heteroatoms. The standard InChI is InChI=1S/C24H32N2O4/c1-5-19(6-2)25-22(28)15-30-24(29)23(16(3)4)26-21(27)14-18-12-9-11-17-10-7-8-13-20(17)18/h7-13,16,19,23H,5-6,14-15H2,1-4H3,(H,25,28)(H,26,27)/t23-/m0/s1. The third-order valence-electron chi connectivity index (χ3n) is 5.16. The van der Waals surface area contributed by atoms with Gasteiger partial charge in [0.2, 0.25) is 5.91 Å². The van der Waals surface area contributed by atoms with Gasteiger partial charge < -0.3 is 15.4 Å². The third-order valence-corrected chi connectivity index (χ3v) is 5.16. The summed E-state index contributed by atoms with van der Waals surface area (Å²) in [6.45, 7) is 7.28. The predicted octanol–water partition coefficient (Wildman–Crippen LogP) is 3.37. The zero-order valence-electron chi connectivity index (χ0n) is 18.2. The summed E-state index contributed by atoms with van der Waals surface area (Å²) in [7, 11) is 0. The van der Waals surface area contributed by atoms with Gasteiger partial charge in [0, 0.05) is 6.04 Å². The molecule has 0 unspecified atom stereocenters. The van der Waals surface area contributed by atoms with Crippen molar-refractivity contribution in [2.45, 2.75) is 59.0 Å². The van der Waals surface area contributed by atoms with Gasteiger partial charge in [-0.15, -0.1) is 0 Å². The van der Waals surface area contributed by atoms with E-state index < -0.39 is 12.0 Å². The van der Waals surface area contributed by atoms with Crippen molar-refractivity contribution < 1.29 is 19.1 Å². The second-order valence-electron chi connectivity index (χ2n) is 7.79. The van der Waals surface area contributed by atoms with Crippen molar-refractivity contribution in [3.8, 4) is 0 Å². The van der Waals surface area contributed by atoms with Crippen LogP contribution in [0.5, 0.6) is 0 Å². The lowest BCUT2D eigenvalue weighted by atomic mass is 10.0. The maximum atomic E-state index is 12.6. The maximum absolute atomic E-state index is 12.6. The number of esters is 1. The van der Waals surface area contributed by atoms with Crippen molar-refractivity contribution in [2.24, 2.45) is 5.92 Å². The van der Waals surface area contributed by atoms with Crippen LogP contribution in [0.3, 0.4) is 0 Å². The Morgan fingerprint density at radius 3 is 2.23 bits per heavy atom. The molecule has 162 valence electrons. The second kappa shape index (κ2) is 11.3. The molecule has 2 N–H and O–H groups in total. The van der Waals surface area contributed by atoms with E-state index in [-0.39, 0.29) is 36.8 Å². The van der Waals surface area contributed by atoms with Crippen LogP contribution in [0, 0.1) is 5.92 Å². The van der Waals surface area contributed by atoms with Gasteiger partial charge >= 0.3 is 5.97 Å². The molecule has 2 rings (SSSR count). The Kier molecular flexibility index (Phi) is 8.84. The molecule has 0 aliphatic carbocycles.